The Hall–Kier alpha value is -2.44. The minimum atomic E-state index is 0.0849. The number of hydrogen-bond donors (Lipinski definition) is 2. The van der Waals surface area contributed by atoms with E-state index in [1.165, 1.54) is 6.21 Å². The molecule has 0 radical (unpaired) electrons. The van der Waals surface area contributed by atoms with Crippen LogP contribution >= 0.6 is 0 Å². The van der Waals surface area contributed by atoms with E-state index >= 15 is 0 Å². The molecular weight excluding hydrogens is 196 g/mol. The lowest BCUT2D eigenvalue weighted by Crippen LogP contribution is -1.99. The van der Waals surface area contributed by atoms with E-state index in [1.807, 2.05) is 0 Å². The monoisotopic (exact) mass is 204 g/mol. The van der Waals surface area contributed by atoms with Crippen molar-refractivity contribution in [3.05, 3.63) is 29.8 Å². The summed E-state index contributed by atoms with van der Waals surface area (Å²) in [6.45, 7) is 0. The first-order chi connectivity index (χ1) is 7.27. The molecule has 0 aliphatic carbocycles. The van der Waals surface area contributed by atoms with Crippen molar-refractivity contribution >= 4 is 12.2 Å². The molecule has 7 nitrogen and oxygen atoms in total. The first kappa shape index (κ1) is 9.13. The Morgan fingerprint density at radius 3 is 2.87 bits per heavy atom. The molecule has 0 saturated carbocycles. The molecule has 1 aromatic heterocycles. The Morgan fingerprint density at radius 1 is 1.40 bits per heavy atom. The summed E-state index contributed by atoms with van der Waals surface area (Å²) in [4.78, 5) is 1.06. The Bertz CT molecular complexity index is 491. The lowest BCUT2D eigenvalue weighted by Gasteiger charge is -1.96. The molecule has 2 rings (SSSR count). The van der Waals surface area contributed by atoms with E-state index in [0.717, 1.165) is 4.79 Å². The van der Waals surface area contributed by atoms with Crippen LogP contribution in [-0.2, 0) is 0 Å². The van der Waals surface area contributed by atoms with Gasteiger partial charge in [0.25, 0.3) is 5.95 Å². The number of para-hydroxylation sites is 1. The quantitative estimate of drug-likeness (QED) is 0.662. The lowest BCUT2D eigenvalue weighted by atomic mass is 10.2. The molecule has 0 amide bonds. The van der Waals surface area contributed by atoms with E-state index in [0.29, 0.717) is 5.56 Å². The van der Waals surface area contributed by atoms with E-state index in [4.69, 9.17) is 5.73 Å². The summed E-state index contributed by atoms with van der Waals surface area (Å²) >= 11 is 0. The first-order valence-electron chi connectivity index (χ1n) is 4.13. The number of rotatable bonds is 2. The Kier molecular flexibility index (Phi) is 2.28. The van der Waals surface area contributed by atoms with Gasteiger partial charge >= 0.3 is 0 Å². The molecule has 0 aliphatic rings. The molecule has 0 aliphatic heterocycles. The Labute approximate surface area is 84.8 Å². The topological polar surface area (TPSA) is 102 Å². The van der Waals surface area contributed by atoms with Gasteiger partial charge in [0.1, 0.15) is 5.75 Å². The minimum Gasteiger partial charge on any atom is -0.507 e. The standard InChI is InChI=1S/C8H8N6O/c9-8-11-12-13-14(8)10-5-6-3-1-2-4-7(6)15/h1-5,15H,(H2,9,11,13). The van der Waals surface area contributed by atoms with Gasteiger partial charge in [0.15, 0.2) is 0 Å². The summed E-state index contributed by atoms with van der Waals surface area (Å²) in [6, 6.07) is 6.77. The van der Waals surface area contributed by atoms with E-state index in [9.17, 15) is 5.11 Å². The van der Waals surface area contributed by atoms with Gasteiger partial charge in [-0.2, -0.15) is 5.10 Å². The van der Waals surface area contributed by atoms with Gasteiger partial charge in [-0.1, -0.05) is 22.0 Å². The predicted octanol–water partition coefficient (Wildman–Crippen LogP) is -0.157. The van der Waals surface area contributed by atoms with E-state index in [2.05, 4.69) is 20.6 Å². The number of tetrazole rings is 1. The maximum absolute atomic E-state index is 9.43. The summed E-state index contributed by atoms with van der Waals surface area (Å²) in [6.07, 6.45) is 1.42. The van der Waals surface area contributed by atoms with Crippen molar-refractivity contribution < 1.29 is 5.11 Å². The smallest absolute Gasteiger partial charge is 0.263 e. The van der Waals surface area contributed by atoms with Gasteiger partial charge in [-0.15, -0.1) is 0 Å². The molecule has 15 heavy (non-hydrogen) atoms. The van der Waals surface area contributed by atoms with Crippen molar-refractivity contribution in [1.29, 1.82) is 0 Å². The molecule has 0 fully saturated rings. The molecule has 0 saturated heterocycles. The molecule has 76 valence electrons. The number of hydrogen-bond acceptors (Lipinski definition) is 6. The summed E-state index contributed by atoms with van der Waals surface area (Å²) in [5, 5.41) is 23.6. The fraction of sp³-hybridized carbons (Fsp3) is 0. The SMILES string of the molecule is Nc1nnnn1N=Cc1ccccc1O. The number of phenols is 1. The number of phenolic OH excluding ortho intramolecular Hbond substituents is 1. The van der Waals surface area contributed by atoms with Crippen LogP contribution in [0.15, 0.2) is 29.4 Å². The fourth-order valence-electron chi connectivity index (χ4n) is 0.985. The van der Waals surface area contributed by atoms with Crippen LogP contribution in [0.3, 0.4) is 0 Å². The van der Waals surface area contributed by atoms with Gasteiger partial charge in [-0.3, -0.25) is 0 Å². The van der Waals surface area contributed by atoms with Crippen molar-refractivity contribution in [3.63, 3.8) is 0 Å². The maximum atomic E-state index is 9.43. The summed E-state index contributed by atoms with van der Waals surface area (Å²) in [5.74, 6) is 0.217. The molecule has 0 atom stereocenters. The van der Waals surface area contributed by atoms with E-state index < -0.39 is 0 Å². The molecule has 3 N–H and O–H groups in total. The highest BCUT2D eigenvalue weighted by atomic mass is 16.3. The second-order valence-corrected chi connectivity index (χ2v) is 2.73. The van der Waals surface area contributed by atoms with Gasteiger partial charge in [0.2, 0.25) is 0 Å². The molecule has 7 heteroatoms. The number of aromatic nitrogens is 4. The normalized spacial score (nSPS) is 10.9. The number of anilines is 1. The Balaban J connectivity index is 2.26. The van der Waals surface area contributed by atoms with Crippen LogP contribution in [0.2, 0.25) is 0 Å². The molecule has 1 aromatic carbocycles. The van der Waals surface area contributed by atoms with Crippen molar-refractivity contribution in [1.82, 2.24) is 20.3 Å². The summed E-state index contributed by atoms with van der Waals surface area (Å²) in [5.41, 5.74) is 5.96. The molecule has 0 spiro atoms. The lowest BCUT2D eigenvalue weighted by molar-refractivity contribution is 0.474. The van der Waals surface area contributed by atoms with Crippen LogP contribution in [0.1, 0.15) is 5.56 Å². The number of nitrogens with zero attached hydrogens (tertiary/aromatic N) is 5. The van der Waals surface area contributed by atoms with Crippen LogP contribution in [0, 0.1) is 0 Å². The number of nitrogen functional groups attached to an aromatic ring is 1. The molecule has 2 aromatic rings. The zero-order valence-corrected chi connectivity index (χ0v) is 7.65. The van der Waals surface area contributed by atoms with Gasteiger partial charge in [-0.25, -0.2) is 0 Å². The van der Waals surface area contributed by atoms with Crippen LogP contribution < -0.4 is 5.73 Å². The van der Waals surface area contributed by atoms with Gasteiger partial charge in [0.05, 0.1) is 6.21 Å². The zero-order valence-electron chi connectivity index (χ0n) is 7.65. The average Bonchev–Trinajstić information content (AvgIpc) is 2.63. The van der Waals surface area contributed by atoms with Crippen molar-refractivity contribution in [3.8, 4) is 5.75 Å². The van der Waals surface area contributed by atoms with Gasteiger partial charge < -0.3 is 10.8 Å². The number of nitrogens with two attached hydrogens (primary N) is 1. The fourth-order valence-corrected chi connectivity index (χ4v) is 0.985. The third-order valence-corrected chi connectivity index (χ3v) is 1.72. The second-order valence-electron chi connectivity index (χ2n) is 2.73. The highest BCUT2D eigenvalue weighted by Gasteiger charge is 1.98. The largest absolute Gasteiger partial charge is 0.507 e. The average molecular weight is 204 g/mol. The van der Waals surface area contributed by atoms with Crippen molar-refractivity contribution in [2.45, 2.75) is 0 Å². The predicted molar refractivity (Wildman–Crippen MR) is 53.3 cm³/mol. The zero-order chi connectivity index (χ0) is 10.7. The summed E-state index contributed by atoms with van der Waals surface area (Å²) in [7, 11) is 0. The van der Waals surface area contributed by atoms with Gasteiger partial charge in [-0.05, 0) is 22.6 Å². The van der Waals surface area contributed by atoms with Crippen LogP contribution in [0.5, 0.6) is 5.75 Å². The highest BCUT2D eigenvalue weighted by molar-refractivity contribution is 5.83. The van der Waals surface area contributed by atoms with E-state index in [-0.39, 0.29) is 11.7 Å². The molecule has 0 bridgehead atoms. The molecular formula is C8H8N6O. The van der Waals surface area contributed by atoms with Crippen LogP contribution in [-0.4, -0.2) is 31.6 Å². The highest BCUT2D eigenvalue weighted by Crippen LogP contribution is 2.12. The van der Waals surface area contributed by atoms with Crippen molar-refractivity contribution in [2.24, 2.45) is 5.10 Å². The van der Waals surface area contributed by atoms with Crippen LogP contribution in [0.4, 0.5) is 5.95 Å². The van der Waals surface area contributed by atoms with Crippen LogP contribution in [0.25, 0.3) is 0 Å². The second kappa shape index (κ2) is 3.74. The third-order valence-electron chi connectivity index (χ3n) is 1.72. The minimum absolute atomic E-state index is 0.0849. The summed E-state index contributed by atoms with van der Waals surface area (Å²) < 4.78 is 0. The number of benzene rings is 1. The molecule has 1 heterocycles. The first-order valence-corrected chi connectivity index (χ1v) is 4.13. The molecule has 0 unspecified atom stereocenters. The maximum Gasteiger partial charge on any atom is 0.263 e. The Morgan fingerprint density at radius 2 is 2.20 bits per heavy atom. The van der Waals surface area contributed by atoms with Gasteiger partial charge in [0, 0.05) is 5.56 Å². The third kappa shape index (κ3) is 1.90. The van der Waals surface area contributed by atoms with E-state index in [1.54, 1.807) is 24.3 Å². The number of aromatic hydroxyl groups is 1. The van der Waals surface area contributed by atoms with Crippen molar-refractivity contribution in [2.75, 3.05) is 5.73 Å².